The molecule has 1 saturated heterocycles. The molecule has 6 nitrogen and oxygen atoms in total. The van der Waals surface area contributed by atoms with Gasteiger partial charge in [-0.25, -0.2) is 4.98 Å². The normalized spacial score (nSPS) is 20.6. The number of hydrogen-bond acceptors (Lipinski definition) is 5. The fourth-order valence-electron chi connectivity index (χ4n) is 4.07. The molecule has 0 unspecified atom stereocenters. The van der Waals surface area contributed by atoms with Gasteiger partial charge < -0.3 is 15.5 Å². The zero-order valence-corrected chi connectivity index (χ0v) is 14.8. The van der Waals surface area contributed by atoms with Crippen LogP contribution in [0.3, 0.4) is 0 Å². The number of nitrogens with one attached hydrogen (secondary N) is 2. The highest BCUT2D eigenvalue weighted by Crippen LogP contribution is 2.53. The molecule has 2 bridgehead atoms. The van der Waals surface area contributed by atoms with Crippen LogP contribution in [0.25, 0.3) is 0 Å². The van der Waals surface area contributed by atoms with E-state index in [4.69, 9.17) is 0 Å². The fourth-order valence-corrected chi connectivity index (χ4v) is 4.07. The van der Waals surface area contributed by atoms with Gasteiger partial charge in [-0.05, 0) is 36.1 Å². The van der Waals surface area contributed by atoms with Gasteiger partial charge in [0.1, 0.15) is 11.4 Å². The molecule has 2 aliphatic heterocycles. The highest BCUT2D eigenvalue weighted by Gasteiger charge is 2.45. The van der Waals surface area contributed by atoms with Gasteiger partial charge in [0.15, 0.2) is 0 Å². The van der Waals surface area contributed by atoms with Gasteiger partial charge in [-0.2, -0.15) is 18.2 Å². The molecule has 27 heavy (non-hydrogen) atoms. The molecule has 0 saturated carbocycles. The number of carbonyl (C=O) groups is 1. The lowest BCUT2D eigenvalue weighted by Crippen LogP contribution is -2.24. The number of aromatic nitrogens is 2. The van der Waals surface area contributed by atoms with Crippen LogP contribution in [-0.2, 0) is 11.0 Å². The van der Waals surface area contributed by atoms with E-state index in [1.165, 1.54) is 7.05 Å². The highest BCUT2D eigenvalue weighted by atomic mass is 19.4. The van der Waals surface area contributed by atoms with E-state index in [-0.39, 0.29) is 29.8 Å². The first kappa shape index (κ1) is 17.6. The van der Waals surface area contributed by atoms with Crippen molar-refractivity contribution in [2.24, 2.45) is 0 Å². The Balaban J connectivity index is 1.62. The van der Waals surface area contributed by atoms with Crippen molar-refractivity contribution in [1.82, 2.24) is 14.9 Å². The molecule has 1 fully saturated rings. The Hall–Kier alpha value is -2.84. The quantitative estimate of drug-likeness (QED) is 0.846. The third-order valence-electron chi connectivity index (χ3n) is 5.14. The summed E-state index contributed by atoms with van der Waals surface area (Å²) in [5.41, 5.74) is 1.97. The Bertz CT molecular complexity index is 914. The zero-order valence-electron chi connectivity index (χ0n) is 14.8. The van der Waals surface area contributed by atoms with Crippen molar-refractivity contribution in [3.8, 4) is 0 Å². The number of anilines is 3. The van der Waals surface area contributed by atoms with Gasteiger partial charge in [0.2, 0.25) is 11.9 Å². The summed E-state index contributed by atoms with van der Waals surface area (Å²) >= 11 is 0. The summed E-state index contributed by atoms with van der Waals surface area (Å²) in [6.45, 7) is 1.58. The first-order chi connectivity index (χ1) is 12.8. The van der Waals surface area contributed by atoms with Crippen molar-refractivity contribution >= 4 is 23.4 Å². The van der Waals surface area contributed by atoms with E-state index < -0.39 is 11.7 Å². The second kappa shape index (κ2) is 6.11. The summed E-state index contributed by atoms with van der Waals surface area (Å²) in [6, 6.07) is 5.90. The molecule has 142 valence electrons. The van der Waals surface area contributed by atoms with Gasteiger partial charge in [0, 0.05) is 25.9 Å². The Morgan fingerprint density at radius 2 is 1.93 bits per heavy atom. The van der Waals surface area contributed by atoms with Crippen LogP contribution < -0.4 is 10.6 Å². The van der Waals surface area contributed by atoms with Gasteiger partial charge in [-0.1, -0.05) is 6.07 Å². The number of rotatable bonds is 3. The molecular weight excluding hydrogens is 359 g/mol. The van der Waals surface area contributed by atoms with Crippen LogP contribution in [0.4, 0.5) is 30.6 Å². The van der Waals surface area contributed by atoms with Crippen LogP contribution in [0.2, 0.25) is 0 Å². The molecule has 2 aromatic rings. The minimum Gasteiger partial charge on any atom is -0.372 e. The van der Waals surface area contributed by atoms with Gasteiger partial charge in [0.05, 0.1) is 12.1 Å². The summed E-state index contributed by atoms with van der Waals surface area (Å²) in [7, 11) is 1.38. The molecular formula is C18H18F3N5O. The van der Waals surface area contributed by atoms with Gasteiger partial charge in [0.25, 0.3) is 0 Å². The van der Waals surface area contributed by atoms with E-state index in [0.717, 1.165) is 30.2 Å². The molecule has 1 amide bonds. The monoisotopic (exact) mass is 377 g/mol. The number of carbonyl (C=O) groups excluding carboxylic acids is 1. The maximum Gasteiger partial charge on any atom is 0.421 e. The van der Waals surface area contributed by atoms with Crippen LogP contribution in [-0.4, -0.2) is 27.8 Å². The Morgan fingerprint density at radius 3 is 2.56 bits per heavy atom. The Kier molecular flexibility index (Phi) is 3.97. The van der Waals surface area contributed by atoms with Crippen LogP contribution in [0, 0.1) is 0 Å². The van der Waals surface area contributed by atoms with Crippen molar-refractivity contribution < 1.29 is 18.0 Å². The van der Waals surface area contributed by atoms with Gasteiger partial charge >= 0.3 is 6.18 Å². The zero-order chi connectivity index (χ0) is 19.3. The molecule has 9 heteroatoms. The lowest BCUT2D eigenvalue weighted by molar-refractivity contribution is -0.137. The predicted molar refractivity (Wildman–Crippen MR) is 93.5 cm³/mol. The van der Waals surface area contributed by atoms with Crippen molar-refractivity contribution in [3.63, 3.8) is 0 Å². The molecule has 2 aliphatic rings. The van der Waals surface area contributed by atoms with Crippen molar-refractivity contribution in [2.45, 2.75) is 38.0 Å². The number of amides is 1. The summed E-state index contributed by atoms with van der Waals surface area (Å²) in [6.07, 6.45) is -1.90. The first-order valence-corrected chi connectivity index (χ1v) is 8.61. The molecule has 0 radical (unpaired) electrons. The maximum absolute atomic E-state index is 13.0. The van der Waals surface area contributed by atoms with Crippen LogP contribution in [0.1, 0.15) is 48.5 Å². The SMILES string of the molecule is CNc1nc(Nc2ccc3c(c2)[C@@H]2CC[C@H]3N2C(C)=O)ncc1C(F)(F)F. The van der Waals surface area contributed by atoms with Crippen LogP contribution >= 0.6 is 0 Å². The third-order valence-corrected chi connectivity index (χ3v) is 5.14. The molecule has 0 spiro atoms. The molecule has 3 heterocycles. The highest BCUT2D eigenvalue weighted by molar-refractivity contribution is 5.77. The average molecular weight is 377 g/mol. The van der Waals surface area contributed by atoms with E-state index in [2.05, 4.69) is 20.6 Å². The summed E-state index contributed by atoms with van der Waals surface area (Å²) < 4.78 is 38.9. The number of hydrogen-bond donors (Lipinski definition) is 2. The number of benzene rings is 1. The third kappa shape index (κ3) is 2.87. The smallest absolute Gasteiger partial charge is 0.372 e. The largest absolute Gasteiger partial charge is 0.421 e. The average Bonchev–Trinajstić information content (AvgIpc) is 3.17. The molecule has 1 aromatic heterocycles. The van der Waals surface area contributed by atoms with Crippen molar-refractivity contribution in [1.29, 1.82) is 0 Å². The molecule has 2 N–H and O–H groups in total. The van der Waals surface area contributed by atoms with Crippen LogP contribution in [0.15, 0.2) is 24.4 Å². The maximum atomic E-state index is 13.0. The first-order valence-electron chi connectivity index (χ1n) is 8.61. The van der Waals surface area contributed by atoms with E-state index in [9.17, 15) is 18.0 Å². The molecule has 4 rings (SSSR count). The van der Waals surface area contributed by atoms with E-state index >= 15 is 0 Å². The fraction of sp³-hybridized carbons (Fsp3) is 0.389. The van der Waals surface area contributed by atoms with Crippen LogP contribution in [0.5, 0.6) is 0 Å². The number of alkyl halides is 3. The summed E-state index contributed by atoms with van der Waals surface area (Å²) in [4.78, 5) is 21.5. The topological polar surface area (TPSA) is 70.2 Å². The lowest BCUT2D eigenvalue weighted by atomic mass is 9.91. The lowest BCUT2D eigenvalue weighted by Gasteiger charge is -2.20. The van der Waals surface area contributed by atoms with E-state index in [0.29, 0.717) is 5.69 Å². The Labute approximate surface area is 153 Å². The molecule has 2 atom stereocenters. The molecule has 0 aliphatic carbocycles. The van der Waals surface area contributed by atoms with E-state index in [1.54, 1.807) is 6.92 Å². The number of fused-ring (bicyclic) bond motifs is 5. The predicted octanol–water partition coefficient (Wildman–Crippen LogP) is 4.02. The summed E-state index contributed by atoms with van der Waals surface area (Å²) in [5, 5.41) is 5.41. The van der Waals surface area contributed by atoms with Gasteiger partial charge in [-0.3, -0.25) is 4.79 Å². The van der Waals surface area contributed by atoms with E-state index in [1.807, 2.05) is 23.1 Å². The summed E-state index contributed by atoms with van der Waals surface area (Å²) in [5.74, 6) is -0.167. The standard InChI is InChI=1S/C18H18F3N5O/c1-9(27)26-14-5-6-15(26)12-7-10(3-4-11(12)14)24-17-23-8-13(18(19,20)21)16(22-2)25-17/h3-4,7-8,14-15H,5-6H2,1-2H3,(H2,22,23,24,25)/t14-,15+/m1/s1. The minimum absolute atomic E-state index is 0.0537. The van der Waals surface area contributed by atoms with Gasteiger partial charge in [-0.15, -0.1) is 0 Å². The second-order valence-corrected chi connectivity index (χ2v) is 6.71. The molecule has 1 aromatic carbocycles. The number of nitrogens with zero attached hydrogens (tertiary/aromatic N) is 3. The number of halogens is 3. The minimum atomic E-state index is -4.53. The van der Waals surface area contributed by atoms with Crippen molar-refractivity contribution in [3.05, 3.63) is 41.1 Å². The Morgan fingerprint density at radius 1 is 1.22 bits per heavy atom. The second-order valence-electron chi connectivity index (χ2n) is 6.71. The van der Waals surface area contributed by atoms with Crippen molar-refractivity contribution in [2.75, 3.05) is 17.7 Å².